The van der Waals surface area contributed by atoms with Gasteiger partial charge < -0.3 is 9.88 Å². The Labute approximate surface area is 175 Å². The number of piperidine rings is 3. The Morgan fingerprint density at radius 3 is 3.00 bits per heavy atom. The van der Waals surface area contributed by atoms with Crippen LogP contribution >= 0.6 is 11.3 Å². The second kappa shape index (κ2) is 8.12. The summed E-state index contributed by atoms with van der Waals surface area (Å²) >= 11 is 1.46. The van der Waals surface area contributed by atoms with Crippen molar-refractivity contribution in [1.29, 1.82) is 0 Å². The number of rotatable bonds is 5. The number of amides is 1. The van der Waals surface area contributed by atoms with Crippen molar-refractivity contribution in [3.05, 3.63) is 28.7 Å². The van der Waals surface area contributed by atoms with Crippen molar-refractivity contribution in [3.8, 4) is 0 Å². The molecule has 0 aliphatic carbocycles. The van der Waals surface area contributed by atoms with Gasteiger partial charge in [-0.05, 0) is 37.6 Å². The van der Waals surface area contributed by atoms with Crippen molar-refractivity contribution in [2.24, 2.45) is 18.9 Å². The van der Waals surface area contributed by atoms with Crippen LogP contribution in [0.15, 0.2) is 17.2 Å². The average Bonchev–Trinajstić information content (AvgIpc) is 3.40. The van der Waals surface area contributed by atoms with Gasteiger partial charge in [-0.1, -0.05) is 6.42 Å². The normalized spacial score (nSPS) is 30.1. The first-order valence-corrected chi connectivity index (χ1v) is 11.6. The van der Waals surface area contributed by atoms with Gasteiger partial charge in [-0.15, -0.1) is 21.5 Å². The molecule has 4 atom stereocenters. The predicted octanol–water partition coefficient (Wildman–Crippen LogP) is 1.38. The molecule has 0 saturated carbocycles. The number of nitrogens with zero attached hydrogens (tertiary/aromatic N) is 6. The maximum absolute atomic E-state index is 12.5. The van der Waals surface area contributed by atoms with Crippen molar-refractivity contribution >= 4 is 17.2 Å². The molecule has 1 amide bonds. The number of nitrogens with one attached hydrogen (secondary N) is 1. The zero-order valence-corrected chi connectivity index (χ0v) is 17.7. The minimum atomic E-state index is -0.0475. The number of carbonyl (C=O) groups is 1. The summed E-state index contributed by atoms with van der Waals surface area (Å²) in [5, 5.41) is 13.3. The van der Waals surface area contributed by atoms with Crippen LogP contribution in [0.3, 0.4) is 0 Å². The first-order valence-electron chi connectivity index (χ1n) is 10.7. The van der Waals surface area contributed by atoms with E-state index in [-0.39, 0.29) is 5.91 Å². The minimum Gasteiger partial charge on any atom is -0.349 e. The summed E-state index contributed by atoms with van der Waals surface area (Å²) in [6, 6.07) is 1.05. The Kier molecular flexibility index (Phi) is 5.36. The van der Waals surface area contributed by atoms with Gasteiger partial charge >= 0.3 is 0 Å². The molecule has 5 rings (SSSR count). The first-order chi connectivity index (χ1) is 14.2. The zero-order valence-electron chi connectivity index (χ0n) is 16.9. The van der Waals surface area contributed by atoms with E-state index in [1.807, 2.05) is 17.0 Å². The Morgan fingerprint density at radius 2 is 2.21 bits per heavy atom. The minimum absolute atomic E-state index is 0.0475. The first kappa shape index (κ1) is 19.1. The highest BCUT2D eigenvalue weighted by atomic mass is 32.1. The molecule has 0 unspecified atom stereocenters. The number of aromatic nitrogens is 4. The van der Waals surface area contributed by atoms with Crippen LogP contribution in [0, 0.1) is 11.8 Å². The third-order valence-electron chi connectivity index (χ3n) is 7.00. The number of hydrogen-bond donors (Lipinski definition) is 1. The van der Waals surface area contributed by atoms with E-state index in [0.29, 0.717) is 36.2 Å². The Morgan fingerprint density at radius 1 is 1.31 bits per heavy atom. The Bertz CT molecular complexity index is 838. The number of aryl methyl sites for hydroxylation is 1. The fraction of sp³-hybridized carbons (Fsp3) is 0.700. The highest BCUT2D eigenvalue weighted by Gasteiger charge is 2.47. The van der Waals surface area contributed by atoms with Gasteiger partial charge in [-0.25, -0.2) is 4.98 Å². The van der Waals surface area contributed by atoms with Gasteiger partial charge in [-0.2, -0.15) is 0 Å². The fourth-order valence-corrected chi connectivity index (χ4v) is 6.21. The van der Waals surface area contributed by atoms with Crippen molar-refractivity contribution in [3.63, 3.8) is 0 Å². The van der Waals surface area contributed by atoms with Crippen molar-refractivity contribution < 1.29 is 4.79 Å². The Hall–Kier alpha value is -1.84. The van der Waals surface area contributed by atoms with Gasteiger partial charge in [0.25, 0.3) is 5.91 Å². The number of hydrogen-bond acceptors (Lipinski definition) is 7. The lowest BCUT2D eigenvalue weighted by Gasteiger charge is -2.56. The topological polar surface area (TPSA) is 79.2 Å². The summed E-state index contributed by atoms with van der Waals surface area (Å²) in [6.45, 7) is 4.93. The van der Waals surface area contributed by atoms with Crippen LogP contribution in [0.1, 0.15) is 42.0 Å². The average molecular weight is 416 g/mol. The van der Waals surface area contributed by atoms with Crippen molar-refractivity contribution in [2.75, 3.05) is 26.2 Å². The quantitative estimate of drug-likeness (QED) is 0.795. The van der Waals surface area contributed by atoms with E-state index < -0.39 is 0 Å². The molecule has 3 fully saturated rings. The summed E-state index contributed by atoms with van der Waals surface area (Å²) in [5.41, 5.74) is 2.25. The van der Waals surface area contributed by atoms with E-state index in [0.717, 1.165) is 32.0 Å². The van der Waals surface area contributed by atoms with E-state index in [9.17, 15) is 4.79 Å². The number of thiazole rings is 1. The zero-order chi connectivity index (χ0) is 19.8. The van der Waals surface area contributed by atoms with Crippen LogP contribution in [0.25, 0.3) is 0 Å². The van der Waals surface area contributed by atoms with Crippen molar-refractivity contribution in [1.82, 2.24) is 34.9 Å². The number of fused-ring (bicyclic) bond motifs is 4. The number of carbonyl (C=O) groups excluding carboxylic acids is 1. The SMILES string of the molecule is Cn1cnnc1CN1C[C@H]2C[C@@H](C1)[C@H](CNC(=O)c1cscn1)N1CCCC[C@@H]21. The molecular formula is C20H29N7OS. The monoisotopic (exact) mass is 415 g/mol. The van der Waals surface area contributed by atoms with E-state index in [1.165, 1.54) is 37.0 Å². The molecule has 2 bridgehead atoms. The second-order valence-corrected chi connectivity index (χ2v) is 9.48. The van der Waals surface area contributed by atoms with Gasteiger partial charge in [0.05, 0.1) is 12.1 Å². The maximum atomic E-state index is 12.5. The second-order valence-electron chi connectivity index (χ2n) is 8.76. The van der Waals surface area contributed by atoms with Gasteiger partial charge in [0, 0.05) is 44.1 Å². The van der Waals surface area contributed by atoms with Gasteiger partial charge in [0.1, 0.15) is 17.8 Å². The lowest BCUT2D eigenvalue weighted by Crippen LogP contribution is -2.65. The summed E-state index contributed by atoms with van der Waals surface area (Å²) in [4.78, 5) is 21.9. The molecule has 0 spiro atoms. The molecule has 2 aromatic rings. The number of likely N-dealkylation sites (tertiary alicyclic amines) is 1. The van der Waals surface area contributed by atoms with E-state index in [2.05, 4.69) is 30.3 Å². The van der Waals surface area contributed by atoms with Gasteiger partial charge in [0.2, 0.25) is 0 Å². The molecule has 156 valence electrons. The smallest absolute Gasteiger partial charge is 0.270 e. The third kappa shape index (κ3) is 3.83. The molecule has 0 radical (unpaired) electrons. The molecule has 2 aromatic heterocycles. The molecule has 3 aliphatic heterocycles. The Balaban J connectivity index is 1.31. The molecule has 5 heterocycles. The lowest BCUT2D eigenvalue weighted by atomic mass is 9.72. The standard InChI is InChI=1S/C20H29N7OS/c1-25-12-23-24-19(25)10-26-8-14-6-15(9-26)18(27-5-3-2-4-17(14)27)7-21-20(28)16-11-29-13-22-16/h11-15,17-18H,2-10H2,1H3,(H,21,28)/t14-,15+,17+,18+/m1/s1. The van der Waals surface area contributed by atoms with Crippen molar-refractivity contribution in [2.45, 2.75) is 44.3 Å². The molecule has 1 N–H and O–H groups in total. The van der Waals surface area contributed by atoms with E-state index >= 15 is 0 Å². The molecule has 3 aliphatic rings. The summed E-state index contributed by atoms with van der Waals surface area (Å²) < 4.78 is 2.02. The molecular weight excluding hydrogens is 386 g/mol. The van der Waals surface area contributed by atoms with Crippen LogP contribution < -0.4 is 5.32 Å². The van der Waals surface area contributed by atoms with Gasteiger partial charge in [0.15, 0.2) is 0 Å². The predicted molar refractivity (Wildman–Crippen MR) is 110 cm³/mol. The van der Waals surface area contributed by atoms with Gasteiger partial charge in [-0.3, -0.25) is 14.6 Å². The molecule has 3 saturated heterocycles. The van der Waals surface area contributed by atoms with E-state index in [1.54, 1.807) is 11.8 Å². The maximum Gasteiger partial charge on any atom is 0.270 e. The lowest BCUT2D eigenvalue weighted by molar-refractivity contribution is -0.0723. The summed E-state index contributed by atoms with van der Waals surface area (Å²) in [6.07, 6.45) is 6.93. The molecule has 8 nitrogen and oxygen atoms in total. The molecule has 29 heavy (non-hydrogen) atoms. The molecule has 0 aromatic carbocycles. The van der Waals surface area contributed by atoms with Crippen LogP contribution in [-0.2, 0) is 13.6 Å². The largest absolute Gasteiger partial charge is 0.349 e. The van der Waals surface area contributed by atoms with E-state index in [4.69, 9.17) is 0 Å². The third-order valence-corrected chi connectivity index (χ3v) is 7.59. The van der Waals surface area contributed by atoms with Crippen LogP contribution in [0.4, 0.5) is 0 Å². The summed E-state index contributed by atoms with van der Waals surface area (Å²) in [7, 11) is 2.01. The highest BCUT2D eigenvalue weighted by molar-refractivity contribution is 7.07. The highest BCUT2D eigenvalue weighted by Crippen LogP contribution is 2.41. The fourth-order valence-electron chi connectivity index (χ4n) is 5.68. The van der Waals surface area contributed by atoms with Crippen LogP contribution in [0.5, 0.6) is 0 Å². The van der Waals surface area contributed by atoms with Crippen LogP contribution in [-0.4, -0.2) is 73.7 Å². The van der Waals surface area contributed by atoms with Crippen LogP contribution in [0.2, 0.25) is 0 Å². The molecule has 9 heteroatoms. The summed E-state index contributed by atoms with van der Waals surface area (Å²) in [5.74, 6) is 2.27.